The Morgan fingerprint density at radius 1 is 1.00 bits per heavy atom. The van der Waals surface area contributed by atoms with Crippen LogP contribution in [0, 0.1) is 23.6 Å². The molecule has 0 bridgehead atoms. The van der Waals surface area contributed by atoms with Crippen molar-refractivity contribution in [3.05, 3.63) is 59.4 Å². The van der Waals surface area contributed by atoms with Gasteiger partial charge in [0.05, 0.1) is 0 Å². The molecule has 0 saturated heterocycles. The van der Waals surface area contributed by atoms with Gasteiger partial charge in [0.25, 0.3) is 0 Å². The number of hydrogen-bond acceptors (Lipinski definition) is 0. The molecule has 2 fully saturated rings. The SMILES string of the molecule is C/C=C/CCc1ccc2cc([C@@H]3CC[C@@H]4CC(C)CCC4C3)cc(F)c2c1. The van der Waals surface area contributed by atoms with Crippen LogP contribution in [0.15, 0.2) is 42.5 Å². The molecule has 0 amide bonds. The lowest BCUT2D eigenvalue weighted by atomic mass is 9.64. The molecular weight excluding hydrogens is 331 g/mol. The number of aryl methyl sites for hydroxylation is 1. The zero-order valence-corrected chi connectivity index (χ0v) is 16.9. The van der Waals surface area contributed by atoms with Gasteiger partial charge >= 0.3 is 0 Å². The first-order valence-electron chi connectivity index (χ1n) is 11.0. The van der Waals surface area contributed by atoms with Crippen LogP contribution in [0.3, 0.4) is 0 Å². The van der Waals surface area contributed by atoms with Gasteiger partial charge in [-0.3, -0.25) is 0 Å². The third-order valence-corrected chi connectivity index (χ3v) is 7.17. The van der Waals surface area contributed by atoms with E-state index in [2.05, 4.69) is 43.3 Å². The Kier molecular flexibility index (Phi) is 5.66. The van der Waals surface area contributed by atoms with E-state index >= 15 is 0 Å². The average Bonchev–Trinajstić information content (AvgIpc) is 2.68. The van der Waals surface area contributed by atoms with Crippen molar-refractivity contribution < 1.29 is 4.39 Å². The molecule has 27 heavy (non-hydrogen) atoms. The highest BCUT2D eigenvalue weighted by Crippen LogP contribution is 2.47. The molecule has 2 aliphatic carbocycles. The highest BCUT2D eigenvalue weighted by atomic mass is 19.1. The summed E-state index contributed by atoms with van der Waals surface area (Å²) in [7, 11) is 0. The van der Waals surface area contributed by atoms with E-state index in [1.54, 1.807) is 0 Å². The molecule has 1 heteroatoms. The molecular formula is C26H33F. The number of rotatable bonds is 4. The van der Waals surface area contributed by atoms with Crippen LogP contribution < -0.4 is 0 Å². The Bertz CT molecular complexity index is 818. The molecule has 0 heterocycles. The monoisotopic (exact) mass is 364 g/mol. The maximum Gasteiger partial charge on any atom is 0.131 e. The summed E-state index contributed by atoms with van der Waals surface area (Å²) in [5.41, 5.74) is 2.46. The van der Waals surface area contributed by atoms with Crippen LogP contribution in [-0.4, -0.2) is 0 Å². The Balaban J connectivity index is 1.53. The molecule has 2 aliphatic rings. The number of halogens is 1. The molecule has 0 aromatic heterocycles. The topological polar surface area (TPSA) is 0 Å². The smallest absolute Gasteiger partial charge is 0.131 e. The van der Waals surface area contributed by atoms with Crippen molar-refractivity contribution in [3.63, 3.8) is 0 Å². The average molecular weight is 365 g/mol. The second kappa shape index (κ2) is 8.17. The zero-order chi connectivity index (χ0) is 18.8. The van der Waals surface area contributed by atoms with E-state index in [1.807, 2.05) is 13.0 Å². The second-order valence-electron chi connectivity index (χ2n) is 9.11. The van der Waals surface area contributed by atoms with Crippen LogP contribution in [-0.2, 0) is 6.42 Å². The van der Waals surface area contributed by atoms with E-state index in [0.29, 0.717) is 5.92 Å². The first kappa shape index (κ1) is 18.7. The standard InChI is InChI=1S/C26H33F/c1-3-4-5-6-19-8-10-23-16-24(17-26(27)25(23)14-19)22-12-11-20-13-18(2)7-9-21(20)15-22/h3-4,8,10,14,16-18,20-22H,5-7,9,11-13,15H2,1-2H3/b4-3+/t18?,20-,21?,22-/m1/s1. The molecule has 0 N–H and O–H groups in total. The fraction of sp³-hybridized carbons (Fsp3) is 0.538. The molecule has 144 valence electrons. The van der Waals surface area contributed by atoms with Crippen LogP contribution in [0.4, 0.5) is 4.39 Å². The predicted molar refractivity (Wildman–Crippen MR) is 114 cm³/mol. The summed E-state index contributed by atoms with van der Waals surface area (Å²) in [6.07, 6.45) is 14.3. The number of benzene rings is 2. The van der Waals surface area contributed by atoms with Crippen molar-refractivity contribution in [2.75, 3.05) is 0 Å². The third kappa shape index (κ3) is 4.13. The summed E-state index contributed by atoms with van der Waals surface area (Å²) < 4.78 is 14.9. The van der Waals surface area contributed by atoms with E-state index in [4.69, 9.17) is 0 Å². The Labute approximate surface area is 163 Å². The normalized spacial score (nSPS) is 28.6. The van der Waals surface area contributed by atoms with Crippen LogP contribution >= 0.6 is 0 Å². The van der Waals surface area contributed by atoms with Crippen molar-refractivity contribution in [2.24, 2.45) is 17.8 Å². The number of allylic oxidation sites excluding steroid dienone is 2. The lowest BCUT2D eigenvalue weighted by molar-refractivity contribution is 0.124. The van der Waals surface area contributed by atoms with Gasteiger partial charge in [-0.25, -0.2) is 4.39 Å². The van der Waals surface area contributed by atoms with Gasteiger partial charge in [-0.1, -0.05) is 43.7 Å². The van der Waals surface area contributed by atoms with Gasteiger partial charge in [0.2, 0.25) is 0 Å². The van der Waals surface area contributed by atoms with Gasteiger partial charge in [0.15, 0.2) is 0 Å². The Hall–Kier alpha value is -1.63. The first-order valence-corrected chi connectivity index (χ1v) is 11.0. The number of fused-ring (bicyclic) bond motifs is 2. The van der Waals surface area contributed by atoms with E-state index in [1.165, 1.54) is 49.7 Å². The van der Waals surface area contributed by atoms with Crippen LogP contribution in [0.5, 0.6) is 0 Å². The van der Waals surface area contributed by atoms with E-state index in [0.717, 1.165) is 41.4 Å². The lowest BCUT2D eigenvalue weighted by Gasteiger charge is -2.41. The van der Waals surface area contributed by atoms with Gasteiger partial charge in [-0.05, 0) is 104 Å². The number of hydrogen-bond donors (Lipinski definition) is 0. The van der Waals surface area contributed by atoms with Crippen LogP contribution in [0.25, 0.3) is 10.8 Å². The fourth-order valence-corrected chi connectivity index (χ4v) is 5.62. The minimum atomic E-state index is -0.0326. The van der Waals surface area contributed by atoms with Crippen molar-refractivity contribution in [3.8, 4) is 0 Å². The van der Waals surface area contributed by atoms with E-state index < -0.39 is 0 Å². The Morgan fingerprint density at radius 3 is 2.67 bits per heavy atom. The van der Waals surface area contributed by atoms with Crippen molar-refractivity contribution in [1.82, 2.24) is 0 Å². The quantitative estimate of drug-likeness (QED) is 0.485. The Morgan fingerprint density at radius 2 is 1.81 bits per heavy atom. The summed E-state index contributed by atoms with van der Waals surface area (Å²) in [5, 5.41) is 1.86. The van der Waals surface area contributed by atoms with Gasteiger partial charge in [-0.2, -0.15) is 0 Å². The lowest BCUT2D eigenvalue weighted by Crippen LogP contribution is -2.29. The largest absolute Gasteiger partial charge is 0.206 e. The van der Waals surface area contributed by atoms with Crippen LogP contribution in [0.1, 0.15) is 75.8 Å². The predicted octanol–water partition coefficient (Wildman–Crippen LogP) is 7.81. The molecule has 0 aliphatic heterocycles. The third-order valence-electron chi connectivity index (χ3n) is 7.17. The van der Waals surface area contributed by atoms with Crippen molar-refractivity contribution >= 4 is 10.8 Å². The first-order chi connectivity index (χ1) is 13.1. The molecule has 4 atom stereocenters. The molecule has 2 unspecified atom stereocenters. The van der Waals surface area contributed by atoms with E-state index in [9.17, 15) is 4.39 Å². The van der Waals surface area contributed by atoms with Gasteiger partial charge in [-0.15, -0.1) is 0 Å². The van der Waals surface area contributed by atoms with Gasteiger partial charge in [0, 0.05) is 5.39 Å². The summed E-state index contributed by atoms with van der Waals surface area (Å²) >= 11 is 0. The van der Waals surface area contributed by atoms with Gasteiger partial charge < -0.3 is 0 Å². The summed E-state index contributed by atoms with van der Waals surface area (Å²) in [4.78, 5) is 0. The van der Waals surface area contributed by atoms with Gasteiger partial charge in [0.1, 0.15) is 5.82 Å². The van der Waals surface area contributed by atoms with Crippen molar-refractivity contribution in [1.29, 1.82) is 0 Å². The minimum absolute atomic E-state index is 0.0326. The molecule has 0 spiro atoms. The van der Waals surface area contributed by atoms with Crippen LogP contribution in [0.2, 0.25) is 0 Å². The molecule has 4 rings (SSSR count). The zero-order valence-electron chi connectivity index (χ0n) is 16.9. The van der Waals surface area contributed by atoms with E-state index in [-0.39, 0.29) is 5.82 Å². The molecule has 2 aromatic rings. The summed E-state index contributed by atoms with van der Waals surface area (Å²) in [6, 6.07) is 10.5. The minimum Gasteiger partial charge on any atom is -0.206 e. The highest BCUT2D eigenvalue weighted by Gasteiger charge is 2.35. The molecule has 0 nitrogen and oxygen atoms in total. The summed E-state index contributed by atoms with van der Waals surface area (Å²) in [6.45, 7) is 4.46. The maximum absolute atomic E-state index is 14.9. The molecule has 2 saturated carbocycles. The van der Waals surface area contributed by atoms with Crippen molar-refractivity contribution in [2.45, 2.75) is 71.1 Å². The highest BCUT2D eigenvalue weighted by molar-refractivity contribution is 5.84. The summed E-state index contributed by atoms with van der Waals surface area (Å²) in [5.74, 6) is 3.22. The second-order valence-corrected chi connectivity index (χ2v) is 9.11. The molecule has 2 aromatic carbocycles. The fourth-order valence-electron chi connectivity index (χ4n) is 5.62. The maximum atomic E-state index is 14.9. The molecule has 0 radical (unpaired) electrons.